The Morgan fingerprint density at radius 2 is 2.21 bits per heavy atom. The Balaban J connectivity index is 3.15. The van der Waals surface area contributed by atoms with Crippen LogP contribution in [0.1, 0.15) is 10.4 Å². The van der Waals surface area contributed by atoms with Crippen LogP contribution in [0.25, 0.3) is 0 Å². The maximum atomic E-state index is 10.4. The highest BCUT2D eigenvalue weighted by Crippen LogP contribution is 2.31. The van der Waals surface area contributed by atoms with Gasteiger partial charge in [-0.3, -0.25) is 10.1 Å². The van der Waals surface area contributed by atoms with Gasteiger partial charge < -0.3 is 0 Å². The van der Waals surface area contributed by atoms with E-state index in [1.54, 1.807) is 6.07 Å². The maximum absolute atomic E-state index is 10.4. The summed E-state index contributed by atoms with van der Waals surface area (Å²) in [5.41, 5.74) is 0.677. The third-order valence-corrected chi connectivity index (χ3v) is 2.97. The van der Waals surface area contributed by atoms with Crippen LogP contribution < -0.4 is 0 Å². The van der Waals surface area contributed by atoms with Gasteiger partial charge in [0.15, 0.2) is 0 Å². The van der Waals surface area contributed by atoms with E-state index in [0.717, 1.165) is 0 Å². The van der Waals surface area contributed by atoms with Gasteiger partial charge in [0.1, 0.15) is 4.83 Å². The molecule has 0 saturated carbocycles. The fourth-order valence-electron chi connectivity index (χ4n) is 0.905. The summed E-state index contributed by atoms with van der Waals surface area (Å²) in [6, 6.07) is 6.28. The maximum Gasteiger partial charge on any atom is 0.270 e. The minimum atomic E-state index is -0.482. The zero-order valence-corrected chi connectivity index (χ0v) is 9.95. The number of rotatable bonds is 2. The topological polar surface area (TPSA) is 66.9 Å². The number of nitro groups is 1. The molecule has 0 radical (unpaired) electrons. The molecule has 0 aromatic heterocycles. The predicted octanol–water partition coefficient (Wildman–Crippen LogP) is 3.32. The first-order chi connectivity index (χ1) is 6.56. The molecular weight excluding hydrogens is 316 g/mol. The Bertz CT molecular complexity index is 414. The summed E-state index contributed by atoms with van der Waals surface area (Å²) >= 11 is 6.31. The third-order valence-electron chi connectivity index (χ3n) is 1.58. The lowest BCUT2D eigenvalue weighted by Crippen LogP contribution is -1.92. The van der Waals surface area contributed by atoms with Crippen molar-refractivity contribution in [2.24, 2.45) is 0 Å². The summed E-state index contributed by atoms with van der Waals surface area (Å²) in [6.07, 6.45) is 0. The van der Waals surface area contributed by atoms with Gasteiger partial charge in [0.25, 0.3) is 5.69 Å². The molecule has 0 amide bonds. The van der Waals surface area contributed by atoms with Gasteiger partial charge in [-0.25, -0.2) is 0 Å². The number of nitro benzene ring substituents is 1. The third kappa shape index (κ3) is 2.30. The number of hydrogen-bond acceptors (Lipinski definition) is 3. The van der Waals surface area contributed by atoms with Gasteiger partial charge in [0, 0.05) is 16.6 Å². The molecule has 1 atom stereocenters. The van der Waals surface area contributed by atoms with Crippen molar-refractivity contribution in [3.63, 3.8) is 0 Å². The Morgan fingerprint density at radius 3 is 2.64 bits per heavy atom. The van der Waals surface area contributed by atoms with E-state index in [2.05, 4.69) is 31.9 Å². The molecule has 0 heterocycles. The summed E-state index contributed by atoms with van der Waals surface area (Å²) in [6.45, 7) is 0. The van der Waals surface area contributed by atoms with Crippen LogP contribution in [0.15, 0.2) is 22.7 Å². The fraction of sp³-hybridized carbons (Fsp3) is 0.125. The number of benzene rings is 1. The van der Waals surface area contributed by atoms with E-state index >= 15 is 0 Å². The second-order valence-corrected chi connectivity index (χ2v) is 4.22. The van der Waals surface area contributed by atoms with Crippen molar-refractivity contribution in [2.45, 2.75) is 4.83 Å². The number of nitriles is 1. The minimum absolute atomic E-state index is 0.00161. The van der Waals surface area contributed by atoms with E-state index in [0.29, 0.717) is 10.0 Å². The van der Waals surface area contributed by atoms with E-state index in [1.165, 1.54) is 12.1 Å². The summed E-state index contributed by atoms with van der Waals surface area (Å²) < 4.78 is 0.551. The van der Waals surface area contributed by atoms with E-state index in [1.807, 2.05) is 6.07 Å². The molecule has 0 N–H and O–H groups in total. The van der Waals surface area contributed by atoms with E-state index < -0.39 is 9.75 Å². The van der Waals surface area contributed by atoms with Crippen molar-refractivity contribution < 1.29 is 4.92 Å². The van der Waals surface area contributed by atoms with Gasteiger partial charge in [-0.05, 0) is 11.6 Å². The van der Waals surface area contributed by atoms with Crippen molar-refractivity contribution in [2.75, 3.05) is 0 Å². The van der Waals surface area contributed by atoms with Crippen molar-refractivity contribution >= 4 is 37.5 Å². The Morgan fingerprint density at radius 1 is 1.57 bits per heavy atom. The molecule has 0 saturated heterocycles. The van der Waals surface area contributed by atoms with Crippen LogP contribution in [-0.4, -0.2) is 4.92 Å². The zero-order chi connectivity index (χ0) is 10.7. The van der Waals surface area contributed by atoms with E-state index in [9.17, 15) is 10.1 Å². The van der Waals surface area contributed by atoms with Crippen LogP contribution in [0.3, 0.4) is 0 Å². The molecule has 4 nitrogen and oxygen atoms in total. The molecule has 1 aromatic rings. The van der Waals surface area contributed by atoms with Crippen LogP contribution in [-0.2, 0) is 0 Å². The fourth-order valence-corrected chi connectivity index (χ4v) is 2.21. The largest absolute Gasteiger partial charge is 0.270 e. The van der Waals surface area contributed by atoms with Gasteiger partial charge in [-0.2, -0.15) is 5.26 Å². The average molecular weight is 320 g/mol. The molecule has 72 valence electrons. The van der Waals surface area contributed by atoms with Crippen molar-refractivity contribution in [1.82, 2.24) is 0 Å². The van der Waals surface area contributed by atoms with Crippen LogP contribution in [0, 0.1) is 21.4 Å². The van der Waals surface area contributed by atoms with Crippen LogP contribution in [0.2, 0.25) is 0 Å². The Kier molecular flexibility index (Phi) is 3.61. The first-order valence-corrected chi connectivity index (χ1v) is 5.24. The number of non-ortho nitro benzene ring substituents is 1. The van der Waals surface area contributed by atoms with Crippen LogP contribution in [0.5, 0.6) is 0 Å². The second-order valence-electron chi connectivity index (χ2n) is 2.45. The summed E-state index contributed by atoms with van der Waals surface area (Å²) in [5, 5.41) is 19.1. The molecule has 0 bridgehead atoms. The predicted molar refractivity (Wildman–Crippen MR) is 58.1 cm³/mol. The number of halogens is 2. The second kappa shape index (κ2) is 4.53. The van der Waals surface area contributed by atoms with Crippen LogP contribution in [0.4, 0.5) is 5.69 Å². The molecular formula is C8H4Br2N2O2. The average Bonchev–Trinajstić information content (AvgIpc) is 2.16. The SMILES string of the molecule is N#CC(Br)c1ccc([N+](=O)[O-])cc1Br. The lowest BCUT2D eigenvalue weighted by atomic mass is 10.1. The number of alkyl halides is 1. The lowest BCUT2D eigenvalue weighted by molar-refractivity contribution is -0.384. The smallest absolute Gasteiger partial charge is 0.258 e. The Labute approximate surface area is 96.9 Å². The van der Waals surface area contributed by atoms with Gasteiger partial charge in [-0.15, -0.1) is 0 Å². The first-order valence-electron chi connectivity index (χ1n) is 3.53. The van der Waals surface area contributed by atoms with Crippen molar-refractivity contribution in [3.8, 4) is 6.07 Å². The Hall–Kier alpha value is -0.930. The number of hydrogen-bond donors (Lipinski definition) is 0. The summed E-state index contributed by atoms with van der Waals surface area (Å²) in [4.78, 5) is 9.47. The zero-order valence-electron chi connectivity index (χ0n) is 6.78. The molecule has 1 aromatic carbocycles. The quantitative estimate of drug-likeness (QED) is 0.477. The van der Waals surface area contributed by atoms with Gasteiger partial charge in [-0.1, -0.05) is 31.9 Å². The molecule has 0 fully saturated rings. The summed E-state index contributed by atoms with van der Waals surface area (Å²) in [5.74, 6) is 0. The van der Waals surface area contributed by atoms with Crippen molar-refractivity contribution in [1.29, 1.82) is 5.26 Å². The van der Waals surface area contributed by atoms with E-state index in [-0.39, 0.29) is 5.69 Å². The molecule has 0 aliphatic carbocycles. The molecule has 14 heavy (non-hydrogen) atoms. The molecule has 1 rings (SSSR count). The number of nitrogens with zero attached hydrogens (tertiary/aromatic N) is 2. The molecule has 0 aliphatic heterocycles. The molecule has 6 heteroatoms. The highest BCUT2D eigenvalue weighted by atomic mass is 79.9. The van der Waals surface area contributed by atoms with Gasteiger partial charge in [0.2, 0.25) is 0 Å². The lowest BCUT2D eigenvalue weighted by Gasteiger charge is -2.03. The minimum Gasteiger partial charge on any atom is -0.258 e. The van der Waals surface area contributed by atoms with E-state index in [4.69, 9.17) is 5.26 Å². The first kappa shape index (κ1) is 11.1. The highest BCUT2D eigenvalue weighted by Gasteiger charge is 2.13. The van der Waals surface area contributed by atoms with Gasteiger partial charge >= 0.3 is 0 Å². The van der Waals surface area contributed by atoms with Crippen molar-refractivity contribution in [3.05, 3.63) is 38.3 Å². The molecule has 0 spiro atoms. The molecule has 0 aliphatic rings. The normalized spacial score (nSPS) is 11.8. The highest BCUT2D eigenvalue weighted by molar-refractivity contribution is 9.11. The molecule has 1 unspecified atom stereocenters. The standard InChI is InChI=1S/C8H4Br2N2O2/c9-7-3-5(12(13)14)1-2-6(7)8(10)4-11/h1-3,8H. The van der Waals surface area contributed by atoms with Gasteiger partial charge in [0.05, 0.1) is 11.0 Å². The van der Waals surface area contributed by atoms with Crippen LogP contribution >= 0.6 is 31.9 Å². The monoisotopic (exact) mass is 318 g/mol. The summed E-state index contributed by atoms with van der Waals surface area (Å²) in [7, 11) is 0.